The molecule has 3 rings (SSSR count). The Morgan fingerprint density at radius 1 is 1.00 bits per heavy atom. The molecule has 0 spiro atoms. The van der Waals surface area contributed by atoms with Gasteiger partial charge in [-0.05, 0) is 48.4 Å². The lowest BCUT2D eigenvalue weighted by molar-refractivity contribution is -0.139. The van der Waals surface area contributed by atoms with Crippen molar-refractivity contribution in [1.82, 2.24) is 14.9 Å². The normalized spacial score (nSPS) is 16.6. The van der Waals surface area contributed by atoms with E-state index >= 15 is 0 Å². The van der Waals surface area contributed by atoms with Crippen molar-refractivity contribution in [2.24, 2.45) is 5.14 Å². The molecule has 4 N–H and O–H groups in total. The molecule has 0 radical (unpaired) electrons. The number of hydrogen-bond acceptors (Lipinski definition) is 8. The molecule has 1 saturated heterocycles. The topological polar surface area (TPSA) is 174 Å². The molecule has 1 aliphatic rings. The van der Waals surface area contributed by atoms with Gasteiger partial charge in [-0.3, -0.25) is 9.59 Å². The first-order valence-corrected chi connectivity index (χ1v) is 13.5. The summed E-state index contributed by atoms with van der Waals surface area (Å²) in [4.78, 5) is 24.3. The number of sulfonamides is 2. The van der Waals surface area contributed by atoms with Gasteiger partial charge in [-0.1, -0.05) is 12.1 Å². The molecule has 2 aromatic carbocycles. The molecular formula is C21H26N4O8S2. The van der Waals surface area contributed by atoms with Crippen LogP contribution >= 0.6 is 0 Å². The van der Waals surface area contributed by atoms with Gasteiger partial charge >= 0.3 is 11.8 Å². The number of primary sulfonamides is 1. The van der Waals surface area contributed by atoms with Crippen LogP contribution in [0.3, 0.4) is 0 Å². The van der Waals surface area contributed by atoms with Crippen molar-refractivity contribution in [3.05, 3.63) is 54.1 Å². The highest BCUT2D eigenvalue weighted by atomic mass is 32.2. The molecule has 2 aromatic rings. The molecule has 0 saturated carbocycles. The van der Waals surface area contributed by atoms with Crippen LogP contribution in [0.5, 0.6) is 5.75 Å². The summed E-state index contributed by atoms with van der Waals surface area (Å²) in [6, 6.07) is 11.7. The second-order valence-electron chi connectivity index (χ2n) is 7.52. The molecule has 0 aromatic heterocycles. The van der Waals surface area contributed by atoms with Crippen LogP contribution in [0.2, 0.25) is 0 Å². The fourth-order valence-corrected chi connectivity index (χ4v) is 5.36. The first-order valence-electron chi connectivity index (χ1n) is 10.5. The van der Waals surface area contributed by atoms with Gasteiger partial charge in [-0.25, -0.2) is 22.0 Å². The Morgan fingerprint density at radius 2 is 1.60 bits per heavy atom. The van der Waals surface area contributed by atoms with Crippen molar-refractivity contribution in [2.75, 3.05) is 33.4 Å². The lowest BCUT2D eigenvalue weighted by Gasteiger charge is -2.23. The van der Waals surface area contributed by atoms with Crippen LogP contribution in [0, 0.1) is 0 Å². The van der Waals surface area contributed by atoms with Gasteiger partial charge in [0.15, 0.2) is 0 Å². The Morgan fingerprint density at radius 3 is 2.20 bits per heavy atom. The van der Waals surface area contributed by atoms with E-state index in [4.69, 9.17) is 14.6 Å². The van der Waals surface area contributed by atoms with Crippen molar-refractivity contribution in [1.29, 1.82) is 0 Å². The molecule has 2 amide bonds. The third kappa shape index (κ3) is 6.76. The van der Waals surface area contributed by atoms with Crippen LogP contribution < -0.4 is 20.5 Å². The van der Waals surface area contributed by atoms with Crippen LogP contribution in [0.4, 0.5) is 0 Å². The summed E-state index contributed by atoms with van der Waals surface area (Å²) in [5.74, 6) is -1.32. The number of ether oxygens (including phenoxy) is 2. The average molecular weight is 527 g/mol. The highest BCUT2D eigenvalue weighted by Gasteiger charge is 2.36. The van der Waals surface area contributed by atoms with Crippen molar-refractivity contribution in [3.8, 4) is 5.75 Å². The summed E-state index contributed by atoms with van der Waals surface area (Å²) in [6.45, 7) is 0.160. The predicted octanol–water partition coefficient (Wildman–Crippen LogP) is -0.835. The lowest BCUT2D eigenvalue weighted by Crippen LogP contribution is -2.47. The van der Waals surface area contributed by atoms with Gasteiger partial charge in [0.05, 0.1) is 30.1 Å². The number of amides is 2. The first kappa shape index (κ1) is 26.6. The van der Waals surface area contributed by atoms with Gasteiger partial charge in [0.25, 0.3) is 0 Å². The predicted molar refractivity (Wildman–Crippen MR) is 124 cm³/mol. The molecular weight excluding hydrogens is 500 g/mol. The number of carbonyl (C=O) groups is 2. The molecule has 1 heterocycles. The number of hydrogen-bond donors (Lipinski definition) is 3. The van der Waals surface area contributed by atoms with E-state index in [9.17, 15) is 26.4 Å². The fraction of sp³-hybridized carbons (Fsp3) is 0.333. The lowest BCUT2D eigenvalue weighted by atomic mass is 10.1. The Kier molecular flexibility index (Phi) is 8.45. The van der Waals surface area contributed by atoms with Crippen LogP contribution in [-0.4, -0.2) is 72.5 Å². The van der Waals surface area contributed by atoms with Gasteiger partial charge in [0.2, 0.25) is 20.0 Å². The number of nitrogens with one attached hydrogen (secondary N) is 2. The minimum Gasteiger partial charge on any atom is -0.497 e. The van der Waals surface area contributed by atoms with Crippen LogP contribution in [-0.2, 0) is 40.8 Å². The Hall–Kier alpha value is -3.04. The Labute approximate surface area is 203 Å². The zero-order valence-corrected chi connectivity index (χ0v) is 20.5. The zero-order chi connectivity index (χ0) is 25.6. The maximum absolute atomic E-state index is 12.9. The standard InChI is InChI=1S/C21H26N4O8S2/c1-32-16-4-8-18(9-5-16)35(30,31)25-12-13-33-19(25)14-24-21(27)20(26)23-11-10-15-2-6-17(7-3-15)34(22,28)29/h2-9,19H,10-14H2,1H3,(H,23,26)(H,24,27)(H2,22,28,29)/t19-/m1/s1. The smallest absolute Gasteiger partial charge is 0.309 e. The minimum atomic E-state index is -3.88. The molecule has 0 aliphatic carbocycles. The highest BCUT2D eigenvalue weighted by molar-refractivity contribution is 7.89. The van der Waals surface area contributed by atoms with Crippen LogP contribution in [0.15, 0.2) is 58.3 Å². The van der Waals surface area contributed by atoms with E-state index in [2.05, 4.69) is 10.6 Å². The maximum atomic E-state index is 12.9. The monoisotopic (exact) mass is 526 g/mol. The van der Waals surface area contributed by atoms with Gasteiger partial charge < -0.3 is 20.1 Å². The largest absolute Gasteiger partial charge is 0.497 e. The van der Waals surface area contributed by atoms with E-state index in [1.54, 1.807) is 12.1 Å². The highest BCUT2D eigenvalue weighted by Crippen LogP contribution is 2.24. The number of nitrogens with two attached hydrogens (primary N) is 1. The third-order valence-corrected chi connectivity index (χ3v) is 8.04. The summed E-state index contributed by atoms with van der Waals surface area (Å²) in [5.41, 5.74) is 0.733. The SMILES string of the molecule is COc1ccc(S(=O)(=O)N2CCO[C@@H]2CNC(=O)C(=O)NCCc2ccc(S(N)(=O)=O)cc2)cc1. The van der Waals surface area contributed by atoms with Crippen molar-refractivity contribution in [3.63, 3.8) is 0 Å². The number of rotatable bonds is 9. The maximum Gasteiger partial charge on any atom is 0.309 e. The number of methoxy groups -OCH3 is 1. The molecule has 35 heavy (non-hydrogen) atoms. The molecule has 12 nitrogen and oxygen atoms in total. The van der Waals surface area contributed by atoms with E-state index < -0.39 is 38.1 Å². The third-order valence-electron chi connectivity index (χ3n) is 5.20. The van der Waals surface area contributed by atoms with E-state index in [0.29, 0.717) is 12.2 Å². The molecule has 14 heteroatoms. The molecule has 1 aliphatic heterocycles. The molecule has 190 valence electrons. The molecule has 1 fully saturated rings. The van der Waals surface area contributed by atoms with Gasteiger partial charge in [-0.2, -0.15) is 4.31 Å². The number of nitrogens with zero attached hydrogens (tertiary/aromatic N) is 1. The van der Waals surface area contributed by atoms with E-state index in [1.165, 1.54) is 43.5 Å². The van der Waals surface area contributed by atoms with E-state index in [1.807, 2.05) is 0 Å². The molecule has 0 unspecified atom stereocenters. The summed E-state index contributed by atoms with van der Waals surface area (Å²) in [7, 11) is -6.20. The van der Waals surface area contributed by atoms with Gasteiger partial charge in [0, 0.05) is 13.1 Å². The van der Waals surface area contributed by atoms with E-state index in [-0.39, 0.29) is 36.0 Å². The van der Waals surface area contributed by atoms with E-state index in [0.717, 1.165) is 9.87 Å². The first-order chi connectivity index (χ1) is 16.5. The van der Waals surface area contributed by atoms with Crippen LogP contribution in [0.25, 0.3) is 0 Å². The number of carbonyl (C=O) groups excluding carboxylic acids is 2. The van der Waals surface area contributed by atoms with Crippen molar-refractivity contribution >= 4 is 31.9 Å². The Bertz CT molecular complexity index is 1260. The van der Waals surface area contributed by atoms with Crippen molar-refractivity contribution in [2.45, 2.75) is 22.4 Å². The zero-order valence-electron chi connectivity index (χ0n) is 18.8. The fourth-order valence-electron chi connectivity index (χ4n) is 3.33. The summed E-state index contributed by atoms with van der Waals surface area (Å²) >= 11 is 0. The Balaban J connectivity index is 1.49. The quantitative estimate of drug-likeness (QED) is 0.355. The minimum absolute atomic E-state index is 0.0261. The van der Waals surface area contributed by atoms with Gasteiger partial charge in [-0.15, -0.1) is 0 Å². The van der Waals surface area contributed by atoms with Crippen LogP contribution in [0.1, 0.15) is 5.56 Å². The second-order valence-corrected chi connectivity index (χ2v) is 11.0. The summed E-state index contributed by atoms with van der Waals surface area (Å²) < 4.78 is 60.1. The average Bonchev–Trinajstić information content (AvgIpc) is 3.32. The summed E-state index contributed by atoms with van der Waals surface area (Å²) in [5, 5.41) is 9.88. The molecule has 0 bridgehead atoms. The summed E-state index contributed by atoms with van der Waals surface area (Å²) in [6.07, 6.45) is -0.611. The number of benzene rings is 2. The molecule has 1 atom stereocenters. The van der Waals surface area contributed by atoms with Gasteiger partial charge in [0.1, 0.15) is 12.0 Å². The van der Waals surface area contributed by atoms with Crippen molar-refractivity contribution < 1.29 is 35.9 Å². The second kappa shape index (κ2) is 11.1.